The molecule has 8 nitrogen and oxygen atoms in total. The minimum Gasteiger partial charge on any atom is -0.351 e. The van der Waals surface area contributed by atoms with E-state index >= 15 is 0 Å². The number of likely N-dealkylation sites (tertiary alicyclic amines) is 1. The topological polar surface area (TPSA) is 89.2 Å². The highest BCUT2D eigenvalue weighted by Gasteiger charge is 2.33. The molecule has 0 radical (unpaired) electrons. The highest BCUT2D eigenvalue weighted by molar-refractivity contribution is 6.36. The molecule has 2 aliphatic heterocycles. The van der Waals surface area contributed by atoms with Crippen molar-refractivity contribution in [2.45, 2.75) is 44.2 Å². The highest BCUT2D eigenvalue weighted by Crippen LogP contribution is 2.35. The number of fused-ring (bicyclic) bond motifs is 2. The van der Waals surface area contributed by atoms with E-state index in [-0.39, 0.29) is 13.0 Å². The van der Waals surface area contributed by atoms with Crippen LogP contribution in [-0.4, -0.2) is 76.0 Å². The van der Waals surface area contributed by atoms with E-state index in [1.165, 1.54) is 11.3 Å². The Morgan fingerprint density at radius 1 is 1.16 bits per heavy atom. The van der Waals surface area contributed by atoms with Crippen molar-refractivity contribution in [2.24, 2.45) is 0 Å². The molecular weight excluding hydrogens is 565 g/mol. The zero-order valence-electron chi connectivity index (χ0n) is 24.1. The maximum absolute atomic E-state index is 13.8. The second kappa shape index (κ2) is 12.2. The number of halogens is 2. The average Bonchev–Trinajstić information content (AvgIpc) is 3.43. The zero-order valence-corrected chi connectivity index (χ0v) is 24.9. The Morgan fingerprint density at radius 3 is 2.72 bits per heavy atom. The van der Waals surface area contributed by atoms with Crippen LogP contribution in [0.1, 0.15) is 31.5 Å². The van der Waals surface area contributed by atoms with Crippen LogP contribution in [0.25, 0.3) is 32.9 Å². The van der Waals surface area contributed by atoms with Gasteiger partial charge in [-0.1, -0.05) is 48.5 Å². The van der Waals surface area contributed by atoms with E-state index < -0.39 is 17.8 Å². The van der Waals surface area contributed by atoms with Crippen LogP contribution in [-0.2, 0) is 11.2 Å². The smallest absolute Gasteiger partial charge is 0.282 e. The summed E-state index contributed by atoms with van der Waals surface area (Å²) >= 11 is 6.65. The number of anilines is 1. The Hall–Kier alpha value is -4.13. The molecule has 0 saturated carbocycles. The molecule has 2 aliphatic rings. The normalized spacial score (nSPS) is 19.2. The SMILES string of the molecule is C=C(F)C(=O)N1CCN(c2nc(CCC3CCCN3C)nc3cc(-c4cccc5cccc(Cl)c45)cnc23)C[C@@H]1CC#N. The van der Waals surface area contributed by atoms with Crippen molar-refractivity contribution in [1.82, 2.24) is 24.8 Å². The first-order valence-corrected chi connectivity index (χ1v) is 15.0. The number of aryl methyl sites for hydroxylation is 1. The second-order valence-electron chi connectivity index (χ2n) is 11.4. The van der Waals surface area contributed by atoms with Gasteiger partial charge in [-0.15, -0.1) is 0 Å². The molecule has 4 aromatic rings. The lowest BCUT2D eigenvalue weighted by atomic mass is 9.99. The van der Waals surface area contributed by atoms with Gasteiger partial charge in [0.15, 0.2) is 11.6 Å². The fourth-order valence-electron chi connectivity index (χ4n) is 6.46. The number of aromatic nitrogens is 3. The largest absolute Gasteiger partial charge is 0.351 e. The van der Waals surface area contributed by atoms with Crippen LogP contribution in [0.2, 0.25) is 5.02 Å². The minimum absolute atomic E-state index is 0.0683. The van der Waals surface area contributed by atoms with E-state index in [1.54, 1.807) is 0 Å². The highest BCUT2D eigenvalue weighted by atomic mass is 35.5. The number of nitrogens with zero attached hydrogens (tertiary/aromatic N) is 7. The van der Waals surface area contributed by atoms with Gasteiger partial charge in [0.05, 0.1) is 24.0 Å². The molecule has 0 bridgehead atoms. The lowest BCUT2D eigenvalue weighted by Gasteiger charge is -2.41. The van der Waals surface area contributed by atoms with Crippen LogP contribution >= 0.6 is 11.6 Å². The Morgan fingerprint density at radius 2 is 1.98 bits per heavy atom. The molecule has 1 amide bonds. The maximum Gasteiger partial charge on any atom is 0.282 e. The van der Waals surface area contributed by atoms with Gasteiger partial charge in [0.1, 0.15) is 11.3 Å². The van der Waals surface area contributed by atoms with Crippen LogP contribution in [0.4, 0.5) is 10.2 Å². The lowest BCUT2D eigenvalue weighted by Crippen LogP contribution is -2.55. The number of nitriles is 1. The van der Waals surface area contributed by atoms with Gasteiger partial charge in [-0.05, 0) is 55.9 Å². The van der Waals surface area contributed by atoms with Gasteiger partial charge >= 0.3 is 0 Å². The minimum atomic E-state index is -1.02. The second-order valence-corrected chi connectivity index (χ2v) is 11.8. The predicted molar refractivity (Wildman–Crippen MR) is 167 cm³/mol. The van der Waals surface area contributed by atoms with E-state index in [0.717, 1.165) is 47.1 Å². The van der Waals surface area contributed by atoms with Gasteiger partial charge < -0.3 is 14.7 Å². The van der Waals surface area contributed by atoms with Crippen molar-refractivity contribution in [2.75, 3.05) is 38.1 Å². The number of amides is 1. The van der Waals surface area contributed by atoms with Crippen LogP contribution in [0, 0.1) is 11.3 Å². The number of hydrogen-bond acceptors (Lipinski definition) is 7. The van der Waals surface area contributed by atoms with E-state index in [9.17, 15) is 14.4 Å². The third kappa shape index (κ3) is 5.77. The third-order valence-electron chi connectivity index (χ3n) is 8.70. The number of rotatable bonds is 7. The van der Waals surface area contributed by atoms with Crippen molar-refractivity contribution in [3.05, 3.63) is 71.9 Å². The number of piperazine rings is 1. The molecule has 4 heterocycles. The maximum atomic E-state index is 13.8. The van der Waals surface area contributed by atoms with Crippen molar-refractivity contribution in [3.8, 4) is 17.2 Å². The molecule has 0 spiro atoms. The van der Waals surface area contributed by atoms with Crippen molar-refractivity contribution < 1.29 is 9.18 Å². The quantitative estimate of drug-likeness (QED) is 0.244. The standard InChI is InChI=1S/C33H33ClFN7O/c1-21(35)33(43)42-17-16-41(20-25(42)13-14-36)32-31-28(38-29(39-32)12-11-24-8-5-15-40(24)2)18-23(19-37-31)26-9-3-6-22-7-4-10-27(34)30(22)26/h3-4,6-7,9-10,18-19,24-25H,1,5,8,11-13,15-17,20H2,2H3/t24?,25-/m0/s1. The fourth-order valence-corrected chi connectivity index (χ4v) is 6.74. The van der Waals surface area contributed by atoms with Crippen molar-refractivity contribution in [1.29, 1.82) is 5.26 Å². The zero-order chi connectivity index (χ0) is 30.1. The first kappa shape index (κ1) is 29.0. The molecule has 2 aromatic heterocycles. The molecular formula is C33H33ClFN7O. The van der Waals surface area contributed by atoms with Crippen molar-refractivity contribution >= 4 is 45.1 Å². The summed E-state index contributed by atoms with van der Waals surface area (Å²) in [6.45, 7) is 5.26. The van der Waals surface area contributed by atoms with Gasteiger partial charge in [-0.3, -0.25) is 9.78 Å². The van der Waals surface area contributed by atoms with E-state index in [2.05, 4.69) is 24.6 Å². The van der Waals surface area contributed by atoms with E-state index in [0.29, 0.717) is 47.4 Å². The Bertz CT molecular complexity index is 1750. The summed E-state index contributed by atoms with van der Waals surface area (Å²) in [5, 5.41) is 12.2. The molecule has 0 N–H and O–H groups in total. The van der Waals surface area contributed by atoms with Crippen LogP contribution < -0.4 is 4.90 Å². The summed E-state index contributed by atoms with van der Waals surface area (Å²) in [5.41, 5.74) is 3.23. The number of carbonyl (C=O) groups excluding carboxylic acids is 1. The molecule has 10 heteroatoms. The monoisotopic (exact) mass is 597 g/mol. The van der Waals surface area contributed by atoms with Crippen LogP contribution in [0.3, 0.4) is 0 Å². The fraction of sp³-hybridized carbons (Fsp3) is 0.364. The third-order valence-corrected chi connectivity index (χ3v) is 9.02. The Balaban J connectivity index is 1.41. The Kier molecular flexibility index (Phi) is 8.24. The molecule has 2 aromatic carbocycles. The summed E-state index contributed by atoms with van der Waals surface area (Å²) in [5.74, 6) is -0.405. The first-order valence-electron chi connectivity index (χ1n) is 14.7. The summed E-state index contributed by atoms with van der Waals surface area (Å²) in [6, 6.07) is 16.1. The summed E-state index contributed by atoms with van der Waals surface area (Å²) in [7, 11) is 2.16. The number of benzene rings is 2. The number of carbonyl (C=O) groups is 1. The van der Waals surface area contributed by atoms with Gasteiger partial charge in [-0.2, -0.15) is 5.26 Å². The molecule has 1 unspecified atom stereocenters. The molecule has 2 fully saturated rings. The number of pyridine rings is 1. The van der Waals surface area contributed by atoms with Crippen molar-refractivity contribution in [3.63, 3.8) is 0 Å². The van der Waals surface area contributed by atoms with Crippen LogP contribution in [0.15, 0.2) is 61.1 Å². The van der Waals surface area contributed by atoms with Gasteiger partial charge in [-0.25, -0.2) is 14.4 Å². The first-order chi connectivity index (χ1) is 20.8. The lowest BCUT2D eigenvalue weighted by molar-refractivity contribution is -0.131. The summed E-state index contributed by atoms with van der Waals surface area (Å²) in [4.78, 5) is 33.2. The Labute approximate surface area is 255 Å². The van der Waals surface area contributed by atoms with Gasteiger partial charge in [0.25, 0.3) is 5.91 Å². The molecule has 6 rings (SSSR count). The molecule has 2 atom stereocenters. The molecule has 220 valence electrons. The van der Waals surface area contributed by atoms with Gasteiger partial charge in [0.2, 0.25) is 0 Å². The average molecular weight is 598 g/mol. The van der Waals surface area contributed by atoms with E-state index in [4.69, 9.17) is 26.6 Å². The summed E-state index contributed by atoms with van der Waals surface area (Å²) in [6.07, 6.45) is 5.91. The predicted octanol–water partition coefficient (Wildman–Crippen LogP) is 5.94. The summed E-state index contributed by atoms with van der Waals surface area (Å²) < 4.78 is 13.8. The van der Waals surface area contributed by atoms with E-state index in [1.807, 2.05) is 53.6 Å². The molecule has 0 aliphatic carbocycles. The number of hydrogen-bond donors (Lipinski definition) is 0. The molecule has 43 heavy (non-hydrogen) atoms. The van der Waals surface area contributed by atoms with Gasteiger partial charge in [0, 0.05) is 54.3 Å². The van der Waals surface area contributed by atoms with Crippen LogP contribution in [0.5, 0.6) is 0 Å². The molecule has 2 saturated heterocycles.